The first-order valence-electron chi connectivity index (χ1n) is 11.0. The summed E-state index contributed by atoms with van der Waals surface area (Å²) in [6, 6.07) is 7.81. The number of hydrogen-bond acceptors (Lipinski definition) is 5. The number of anilines is 1. The van der Waals surface area contributed by atoms with Crippen molar-refractivity contribution in [2.75, 3.05) is 18.8 Å². The fourth-order valence-electron chi connectivity index (χ4n) is 4.25. The highest BCUT2D eigenvalue weighted by molar-refractivity contribution is 6.02. The molecule has 1 aliphatic rings. The highest BCUT2D eigenvalue weighted by Crippen LogP contribution is 2.26. The molecule has 0 bridgehead atoms. The highest BCUT2D eigenvalue weighted by atomic mass is 16.2. The number of Topliss-reactive ketones (excluding diaryl/α,β-unsaturated/α-hetero) is 1. The fourth-order valence-corrected chi connectivity index (χ4v) is 4.25. The normalized spacial score (nSPS) is 16.4. The van der Waals surface area contributed by atoms with Crippen LogP contribution in [0.25, 0.3) is 5.69 Å². The average molecular weight is 435 g/mol. The van der Waals surface area contributed by atoms with E-state index in [4.69, 9.17) is 5.73 Å². The fraction of sp³-hybridized carbons (Fsp3) is 0.417. The largest absolute Gasteiger partial charge is 0.383 e. The van der Waals surface area contributed by atoms with Gasteiger partial charge in [0.15, 0.2) is 5.78 Å². The SMILES string of the molecule is Cc1ccc(-n2ncc(C(=O)C3CCCN(C(=O)Cn4nc(C)c(C)c4C)C3)c2N)cc1. The van der Waals surface area contributed by atoms with Crippen LogP contribution in [0.3, 0.4) is 0 Å². The molecule has 1 unspecified atom stereocenters. The molecule has 0 radical (unpaired) electrons. The Kier molecular flexibility index (Phi) is 5.86. The van der Waals surface area contributed by atoms with Crippen molar-refractivity contribution in [1.29, 1.82) is 0 Å². The number of rotatable bonds is 5. The molecule has 2 N–H and O–H groups in total. The summed E-state index contributed by atoms with van der Waals surface area (Å²) in [5, 5.41) is 8.81. The van der Waals surface area contributed by atoms with Gasteiger partial charge in [0.1, 0.15) is 12.4 Å². The minimum Gasteiger partial charge on any atom is -0.383 e. The summed E-state index contributed by atoms with van der Waals surface area (Å²) in [6.45, 7) is 9.17. The van der Waals surface area contributed by atoms with Crippen LogP contribution in [0.4, 0.5) is 5.82 Å². The number of nitrogens with zero attached hydrogens (tertiary/aromatic N) is 5. The van der Waals surface area contributed by atoms with Crippen molar-refractivity contribution in [3.63, 3.8) is 0 Å². The van der Waals surface area contributed by atoms with Crippen molar-refractivity contribution in [2.24, 2.45) is 5.92 Å². The van der Waals surface area contributed by atoms with Gasteiger partial charge in [-0.1, -0.05) is 17.7 Å². The molecule has 1 fully saturated rings. The van der Waals surface area contributed by atoms with Crippen molar-refractivity contribution >= 4 is 17.5 Å². The van der Waals surface area contributed by atoms with Crippen LogP contribution in [-0.2, 0) is 11.3 Å². The minimum atomic E-state index is -0.284. The molecule has 8 nitrogen and oxygen atoms in total. The molecule has 0 aliphatic carbocycles. The number of hydrogen-bond donors (Lipinski definition) is 1. The number of piperidine rings is 1. The van der Waals surface area contributed by atoms with Crippen molar-refractivity contribution in [3.8, 4) is 5.69 Å². The second-order valence-corrected chi connectivity index (χ2v) is 8.69. The summed E-state index contributed by atoms with van der Waals surface area (Å²) in [4.78, 5) is 28.0. The van der Waals surface area contributed by atoms with Gasteiger partial charge in [0.2, 0.25) is 5.91 Å². The van der Waals surface area contributed by atoms with E-state index >= 15 is 0 Å². The molecule has 1 aliphatic heterocycles. The Morgan fingerprint density at radius 1 is 1.12 bits per heavy atom. The van der Waals surface area contributed by atoms with E-state index in [0.717, 1.165) is 41.0 Å². The first-order valence-corrected chi connectivity index (χ1v) is 11.0. The van der Waals surface area contributed by atoms with Crippen molar-refractivity contribution in [1.82, 2.24) is 24.5 Å². The van der Waals surface area contributed by atoms with Gasteiger partial charge in [-0.05, 0) is 58.2 Å². The lowest BCUT2D eigenvalue weighted by atomic mass is 9.90. The van der Waals surface area contributed by atoms with Gasteiger partial charge in [0.25, 0.3) is 0 Å². The third-order valence-electron chi connectivity index (χ3n) is 6.52. The zero-order valence-electron chi connectivity index (χ0n) is 19.1. The van der Waals surface area contributed by atoms with E-state index in [0.29, 0.717) is 24.5 Å². The summed E-state index contributed by atoms with van der Waals surface area (Å²) in [5.74, 6) is -0.0231. The van der Waals surface area contributed by atoms with E-state index in [1.165, 1.54) is 6.20 Å². The number of aryl methyl sites for hydroxylation is 2. The predicted molar refractivity (Wildman–Crippen MR) is 123 cm³/mol. The monoisotopic (exact) mass is 434 g/mol. The van der Waals surface area contributed by atoms with Crippen LogP contribution in [0.15, 0.2) is 30.5 Å². The molecular formula is C24H30N6O2. The predicted octanol–water partition coefficient (Wildman–Crippen LogP) is 3.01. The van der Waals surface area contributed by atoms with Crippen LogP contribution in [-0.4, -0.2) is 49.2 Å². The number of carbonyl (C=O) groups excluding carboxylic acids is 2. The average Bonchev–Trinajstić information content (AvgIpc) is 3.28. The first-order chi connectivity index (χ1) is 15.3. The maximum Gasteiger partial charge on any atom is 0.244 e. The number of nitrogens with two attached hydrogens (primary N) is 1. The molecule has 168 valence electrons. The Morgan fingerprint density at radius 3 is 2.50 bits per heavy atom. The van der Waals surface area contributed by atoms with Crippen LogP contribution in [0.1, 0.15) is 45.7 Å². The van der Waals surface area contributed by atoms with E-state index < -0.39 is 0 Å². The van der Waals surface area contributed by atoms with Gasteiger partial charge in [-0.25, -0.2) is 4.68 Å². The van der Waals surface area contributed by atoms with Gasteiger partial charge in [-0.2, -0.15) is 10.2 Å². The Labute approximate surface area is 188 Å². The molecule has 4 rings (SSSR count). The minimum absolute atomic E-state index is 0.0172. The maximum atomic E-state index is 13.3. The third kappa shape index (κ3) is 4.04. The van der Waals surface area contributed by atoms with Gasteiger partial charge in [-0.15, -0.1) is 0 Å². The summed E-state index contributed by atoms with van der Waals surface area (Å²) >= 11 is 0. The van der Waals surface area contributed by atoms with Crippen molar-refractivity contribution in [3.05, 3.63) is 58.5 Å². The molecule has 0 spiro atoms. The summed E-state index contributed by atoms with van der Waals surface area (Å²) < 4.78 is 3.34. The number of carbonyl (C=O) groups is 2. The number of ketones is 1. The molecule has 32 heavy (non-hydrogen) atoms. The Bertz CT molecular complexity index is 1160. The van der Waals surface area contributed by atoms with E-state index in [1.54, 1.807) is 14.3 Å². The van der Waals surface area contributed by atoms with Crippen LogP contribution in [0, 0.1) is 33.6 Å². The van der Waals surface area contributed by atoms with E-state index in [2.05, 4.69) is 10.2 Å². The lowest BCUT2D eigenvalue weighted by molar-refractivity contribution is -0.133. The second kappa shape index (κ2) is 8.61. The first kappa shape index (κ1) is 21.8. The van der Waals surface area contributed by atoms with E-state index in [-0.39, 0.29) is 24.2 Å². The smallest absolute Gasteiger partial charge is 0.244 e. The second-order valence-electron chi connectivity index (χ2n) is 8.69. The van der Waals surface area contributed by atoms with Gasteiger partial charge in [-0.3, -0.25) is 14.3 Å². The number of likely N-dealkylation sites (tertiary alicyclic amines) is 1. The molecule has 0 saturated carbocycles. The lowest BCUT2D eigenvalue weighted by Crippen LogP contribution is -2.44. The van der Waals surface area contributed by atoms with Crippen LogP contribution < -0.4 is 5.73 Å². The maximum absolute atomic E-state index is 13.3. The Balaban J connectivity index is 1.47. The highest BCUT2D eigenvalue weighted by Gasteiger charge is 2.31. The molecular weight excluding hydrogens is 404 g/mol. The molecule has 1 aromatic carbocycles. The Morgan fingerprint density at radius 2 is 1.84 bits per heavy atom. The molecule has 8 heteroatoms. The van der Waals surface area contributed by atoms with Gasteiger partial charge < -0.3 is 10.6 Å². The third-order valence-corrected chi connectivity index (χ3v) is 6.52. The summed E-state index contributed by atoms with van der Waals surface area (Å²) in [6.07, 6.45) is 3.05. The van der Waals surface area contributed by atoms with Crippen LogP contribution >= 0.6 is 0 Å². The summed E-state index contributed by atoms with van der Waals surface area (Å²) in [5.41, 5.74) is 11.7. The van der Waals surface area contributed by atoms with E-state index in [9.17, 15) is 9.59 Å². The van der Waals surface area contributed by atoms with Gasteiger partial charge in [0, 0.05) is 24.7 Å². The van der Waals surface area contributed by atoms with Crippen molar-refractivity contribution in [2.45, 2.75) is 47.1 Å². The van der Waals surface area contributed by atoms with Crippen molar-refractivity contribution < 1.29 is 9.59 Å². The molecule has 3 heterocycles. The number of aromatic nitrogens is 4. The van der Waals surface area contributed by atoms with Gasteiger partial charge >= 0.3 is 0 Å². The zero-order chi connectivity index (χ0) is 23.0. The number of amides is 1. The molecule has 1 saturated heterocycles. The van der Waals surface area contributed by atoms with Crippen LogP contribution in [0.2, 0.25) is 0 Å². The van der Waals surface area contributed by atoms with Crippen LogP contribution in [0.5, 0.6) is 0 Å². The van der Waals surface area contributed by atoms with Gasteiger partial charge in [0.05, 0.1) is 23.1 Å². The summed E-state index contributed by atoms with van der Waals surface area (Å²) in [7, 11) is 0. The lowest BCUT2D eigenvalue weighted by Gasteiger charge is -2.32. The number of nitrogen functional groups attached to an aromatic ring is 1. The Hall–Kier alpha value is -3.42. The topological polar surface area (TPSA) is 99.0 Å². The quantitative estimate of drug-likeness (QED) is 0.623. The van der Waals surface area contributed by atoms with E-state index in [1.807, 2.05) is 52.0 Å². The molecule has 1 atom stereocenters. The zero-order valence-corrected chi connectivity index (χ0v) is 19.1. The standard InChI is InChI=1S/C24H30N6O2/c1-15-7-9-20(10-8-15)30-24(25)21(12-26-30)23(32)19-6-5-11-28(13-19)22(31)14-29-18(4)16(2)17(3)27-29/h7-10,12,19H,5-6,11,13-14,25H2,1-4H3. The molecule has 1 amide bonds. The molecule has 3 aromatic rings. The molecule has 2 aromatic heterocycles. The number of benzene rings is 1.